The second-order valence-corrected chi connectivity index (χ2v) is 8.06. The third kappa shape index (κ3) is 5.51. The molecule has 3 rings (SSSR count). The van der Waals surface area contributed by atoms with E-state index in [0.29, 0.717) is 49.4 Å². The molecule has 0 saturated carbocycles. The predicted molar refractivity (Wildman–Crippen MR) is 116 cm³/mol. The molecule has 32 heavy (non-hydrogen) atoms. The summed E-state index contributed by atoms with van der Waals surface area (Å²) in [5.41, 5.74) is 0.853. The fourth-order valence-electron chi connectivity index (χ4n) is 3.87. The van der Waals surface area contributed by atoms with E-state index < -0.39 is 11.6 Å². The molecule has 9 heteroatoms. The Morgan fingerprint density at radius 1 is 1.03 bits per heavy atom. The summed E-state index contributed by atoms with van der Waals surface area (Å²) >= 11 is 0. The smallest absolute Gasteiger partial charge is 0.276 e. The standard InChI is InChI=1S/C23H30F2N4O3/c1-4-17-13-20(26-32-17)23(31)28-10-6-8-27(3)9-7-11-29(22(30)5-2)21-14-19(25)18(24)12-16(21)15-28/h12-14H,4-11,15H2,1-3H3. The van der Waals surface area contributed by atoms with Gasteiger partial charge in [0.1, 0.15) is 5.76 Å². The van der Waals surface area contributed by atoms with Crippen LogP contribution in [0, 0.1) is 11.6 Å². The van der Waals surface area contributed by atoms with Crippen molar-refractivity contribution in [1.29, 1.82) is 0 Å². The summed E-state index contributed by atoms with van der Waals surface area (Å²) in [4.78, 5) is 31.1. The van der Waals surface area contributed by atoms with E-state index in [4.69, 9.17) is 4.52 Å². The summed E-state index contributed by atoms with van der Waals surface area (Å²) in [6.07, 6.45) is 2.24. The van der Waals surface area contributed by atoms with Gasteiger partial charge >= 0.3 is 0 Å². The summed E-state index contributed by atoms with van der Waals surface area (Å²) in [5.74, 6) is -1.97. The lowest BCUT2D eigenvalue weighted by molar-refractivity contribution is -0.118. The van der Waals surface area contributed by atoms with E-state index in [-0.39, 0.29) is 30.5 Å². The number of hydrogen-bond acceptors (Lipinski definition) is 5. The first-order valence-corrected chi connectivity index (χ1v) is 11.1. The molecule has 2 heterocycles. The maximum absolute atomic E-state index is 14.2. The van der Waals surface area contributed by atoms with Gasteiger partial charge in [-0.15, -0.1) is 0 Å². The number of fused-ring (bicyclic) bond motifs is 1. The van der Waals surface area contributed by atoms with Crippen molar-refractivity contribution in [2.75, 3.05) is 38.1 Å². The minimum absolute atomic E-state index is 0.0247. The number of amides is 2. The molecule has 1 aliphatic heterocycles. The highest BCUT2D eigenvalue weighted by molar-refractivity contribution is 5.94. The maximum atomic E-state index is 14.2. The highest BCUT2D eigenvalue weighted by atomic mass is 19.2. The minimum atomic E-state index is -1.02. The van der Waals surface area contributed by atoms with Gasteiger partial charge in [-0.3, -0.25) is 9.59 Å². The number of halogens is 2. The van der Waals surface area contributed by atoms with Gasteiger partial charge in [-0.25, -0.2) is 8.78 Å². The lowest BCUT2D eigenvalue weighted by Gasteiger charge is -2.30. The number of carbonyl (C=O) groups is 2. The normalized spacial score (nSPS) is 16.3. The Labute approximate surface area is 186 Å². The van der Waals surface area contributed by atoms with Crippen LogP contribution >= 0.6 is 0 Å². The van der Waals surface area contributed by atoms with Crippen LogP contribution in [0.25, 0.3) is 0 Å². The topological polar surface area (TPSA) is 69.9 Å². The molecule has 174 valence electrons. The van der Waals surface area contributed by atoms with Gasteiger partial charge in [0.15, 0.2) is 17.3 Å². The molecule has 7 nitrogen and oxygen atoms in total. The zero-order valence-electron chi connectivity index (χ0n) is 18.9. The van der Waals surface area contributed by atoms with Gasteiger partial charge in [-0.1, -0.05) is 19.0 Å². The Kier molecular flexibility index (Phi) is 7.95. The molecule has 0 N–H and O–H groups in total. The first-order valence-electron chi connectivity index (χ1n) is 11.1. The van der Waals surface area contributed by atoms with Crippen LogP contribution in [0.5, 0.6) is 0 Å². The lowest BCUT2D eigenvalue weighted by Crippen LogP contribution is -2.38. The fourth-order valence-corrected chi connectivity index (χ4v) is 3.87. The van der Waals surface area contributed by atoms with E-state index in [9.17, 15) is 18.4 Å². The van der Waals surface area contributed by atoms with E-state index in [0.717, 1.165) is 25.2 Å². The largest absolute Gasteiger partial charge is 0.361 e. The number of aryl methyl sites for hydroxylation is 1. The van der Waals surface area contributed by atoms with Crippen LogP contribution in [0.4, 0.5) is 14.5 Å². The monoisotopic (exact) mass is 448 g/mol. The molecule has 1 aromatic carbocycles. The molecule has 1 aliphatic rings. The average molecular weight is 449 g/mol. The Morgan fingerprint density at radius 3 is 2.38 bits per heavy atom. The van der Waals surface area contributed by atoms with Crippen molar-refractivity contribution < 1.29 is 22.9 Å². The highest BCUT2D eigenvalue weighted by Gasteiger charge is 2.26. The SMILES string of the molecule is CCC(=O)N1CCCN(C)CCCN(C(=O)c2cc(CC)on2)Cc2cc(F)c(F)cc21. The van der Waals surface area contributed by atoms with E-state index in [2.05, 4.69) is 10.1 Å². The Morgan fingerprint density at radius 2 is 1.72 bits per heavy atom. The molecule has 0 fully saturated rings. The van der Waals surface area contributed by atoms with Crippen molar-refractivity contribution in [1.82, 2.24) is 15.0 Å². The first-order chi connectivity index (χ1) is 15.3. The molecule has 0 bridgehead atoms. The second kappa shape index (κ2) is 10.7. The van der Waals surface area contributed by atoms with Crippen LogP contribution in [0.2, 0.25) is 0 Å². The lowest BCUT2D eigenvalue weighted by atomic mass is 10.1. The van der Waals surface area contributed by atoms with Crippen molar-refractivity contribution in [2.24, 2.45) is 0 Å². The van der Waals surface area contributed by atoms with Gasteiger partial charge in [0.25, 0.3) is 5.91 Å². The maximum Gasteiger partial charge on any atom is 0.276 e. The quantitative estimate of drug-likeness (QED) is 0.717. The summed E-state index contributed by atoms with van der Waals surface area (Å²) in [6, 6.07) is 3.74. The van der Waals surface area contributed by atoms with Gasteiger partial charge in [-0.05, 0) is 44.6 Å². The van der Waals surface area contributed by atoms with Gasteiger partial charge in [-0.2, -0.15) is 0 Å². The van der Waals surface area contributed by atoms with Crippen molar-refractivity contribution in [3.05, 3.63) is 46.9 Å². The number of rotatable bonds is 3. The number of aromatic nitrogens is 1. The number of nitrogens with zero attached hydrogens (tertiary/aromatic N) is 4. The molecular formula is C23H30F2N4O3. The predicted octanol–water partition coefficient (Wildman–Crippen LogP) is 3.63. The van der Waals surface area contributed by atoms with E-state index in [1.54, 1.807) is 17.9 Å². The highest BCUT2D eigenvalue weighted by Crippen LogP contribution is 2.27. The molecule has 1 aromatic heterocycles. The van der Waals surface area contributed by atoms with Crippen LogP contribution in [0.15, 0.2) is 22.7 Å². The van der Waals surface area contributed by atoms with Crippen molar-refractivity contribution >= 4 is 17.5 Å². The Hall–Kier alpha value is -2.81. The third-order valence-corrected chi connectivity index (χ3v) is 5.68. The summed E-state index contributed by atoms with van der Waals surface area (Å²) < 4.78 is 33.6. The number of anilines is 1. The molecule has 0 radical (unpaired) electrons. The number of hydrogen-bond donors (Lipinski definition) is 0. The van der Waals surface area contributed by atoms with Gasteiger partial charge in [0, 0.05) is 44.6 Å². The summed E-state index contributed by atoms with van der Waals surface area (Å²) in [7, 11) is 1.98. The number of carbonyl (C=O) groups excluding carboxylic acids is 2. The van der Waals surface area contributed by atoms with Crippen LogP contribution in [0.1, 0.15) is 54.9 Å². The molecule has 0 atom stereocenters. The third-order valence-electron chi connectivity index (χ3n) is 5.68. The second-order valence-electron chi connectivity index (χ2n) is 8.06. The Balaban J connectivity index is 2.03. The molecule has 0 spiro atoms. The number of benzene rings is 1. The van der Waals surface area contributed by atoms with Gasteiger partial charge < -0.3 is 19.2 Å². The zero-order chi connectivity index (χ0) is 23.3. The first kappa shape index (κ1) is 23.8. The minimum Gasteiger partial charge on any atom is -0.361 e. The molecule has 2 aromatic rings. The molecular weight excluding hydrogens is 418 g/mol. The van der Waals surface area contributed by atoms with Crippen molar-refractivity contribution in [3.8, 4) is 0 Å². The molecule has 0 aliphatic carbocycles. The van der Waals surface area contributed by atoms with E-state index in [1.807, 2.05) is 14.0 Å². The van der Waals surface area contributed by atoms with Crippen LogP contribution in [0.3, 0.4) is 0 Å². The van der Waals surface area contributed by atoms with Crippen molar-refractivity contribution in [2.45, 2.75) is 46.1 Å². The molecule has 0 saturated heterocycles. The van der Waals surface area contributed by atoms with Crippen LogP contribution < -0.4 is 4.90 Å². The van der Waals surface area contributed by atoms with Crippen LogP contribution in [-0.2, 0) is 17.8 Å². The average Bonchev–Trinajstić information content (AvgIpc) is 3.26. The summed E-state index contributed by atoms with van der Waals surface area (Å²) in [6.45, 7) is 5.93. The Bertz CT molecular complexity index is 963. The zero-order valence-corrected chi connectivity index (χ0v) is 18.9. The fraction of sp³-hybridized carbons (Fsp3) is 0.522. The molecule has 2 amide bonds. The van der Waals surface area contributed by atoms with E-state index >= 15 is 0 Å². The molecule has 0 unspecified atom stereocenters. The van der Waals surface area contributed by atoms with E-state index in [1.165, 1.54) is 4.90 Å². The summed E-state index contributed by atoms with van der Waals surface area (Å²) in [5, 5.41) is 3.88. The van der Waals surface area contributed by atoms with Crippen molar-refractivity contribution in [3.63, 3.8) is 0 Å². The van der Waals surface area contributed by atoms with Gasteiger partial charge in [0.05, 0.1) is 5.69 Å². The van der Waals surface area contributed by atoms with Gasteiger partial charge in [0.2, 0.25) is 5.91 Å². The van der Waals surface area contributed by atoms with Crippen LogP contribution in [-0.4, -0.2) is 60.0 Å².